The van der Waals surface area contributed by atoms with Crippen molar-refractivity contribution in [3.8, 4) is 11.1 Å². The van der Waals surface area contributed by atoms with Crippen molar-refractivity contribution in [3.63, 3.8) is 0 Å². The van der Waals surface area contributed by atoms with Crippen LogP contribution in [0, 0.1) is 0 Å². The molecule has 248 valence electrons. The lowest BCUT2D eigenvalue weighted by molar-refractivity contribution is -0.156. The van der Waals surface area contributed by atoms with Gasteiger partial charge in [-0.3, -0.25) is 9.69 Å². The van der Waals surface area contributed by atoms with Gasteiger partial charge < -0.3 is 30.1 Å². The number of rotatable bonds is 10. The van der Waals surface area contributed by atoms with Gasteiger partial charge in [-0.25, -0.2) is 14.4 Å². The van der Waals surface area contributed by atoms with Crippen LogP contribution in [0.1, 0.15) is 48.9 Å². The summed E-state index contributed by atoms with van der Waals surface area (Å²) in [5.74, 6) is -1.57. The fourth-order valence-corrected chi connectivity index (χ4v) is 5.97. The molecule has 0 bridgehead atoms. The smallest absolute Gasteiger partial charge is 0.407 e. The molecule has 2 aliphatic rings. The maximum Gasteiger partial charge on any atom is 0.407 e. The predicted octanol–water partition coefficient (Wildman–Crippen LogP) is 4.39. The minimum Gasteiger partial charge on any atom is -0.480 e. The van der Waals surface area contributed by atoms with E-state index in [4.69, 9.17) is 9.47 Å². The third kappa shape index (κ3) is 8.88. The van der Waals surface area contributed by atoms with Gasteiger partial charge in [-0.05, 0) is 54.2 Å². The first kappa shape index (κ1) is 33.5. The number of carbonyl (C=O) groups is 4. The van der Waals surface area contributed by atoms with Crippen molar-refractivity contribution in [2.75, 3.05) is 39.3 Å². The number of hydrogen-bond acceptors (Lipinski definition) is 7. The van der Waals surface area contributed by atoms with Gasteiger partial charge in [-0.1, -0.05) is 72.8 Å². The van der Waals surface area contributed by atoms with Crippen molar-refractivity contribution in [1.82, 2.24) is 20.4 Å². The molecular formula is C36H42N4O7. The minimum absolute atomic E-state index is 0.0692. The Bertz CT molecular complexity index is 1550. The van der Waals surface area contributed by atoms with Crippen molar-refractivity contribution in [2.24, 2.45) is 0 Å². The lowest BCUT2D eigenvalue weighted by Gasteiger charge is -2.34. The number of alkyl carbamates (subject to hydrolysis) is 1. The highest BCUT2D eigenvalue weighted by molar-refractivity contribution is 5.81. The number of hydrogen-bond donors (Lipinski definition) is 3. The molecule has 0 aromatic heterocycles. The van der Waals surface area contributed by atoms with Gasteiger partial charge in [0.25, 0.3) is 0 Å². The maximum atomic E-state index is 12.7. The first-order valence-corrected chi connectivity index (χ1v) is 15.9. The van der Waals surface area contributed by atoms with Crippen molar-refractivity contribution in [2.45, 2.75) is 51.3 Å². The Labute approximate surface area is 274 Å². The standard InChI is InChI=1S/C36H42N4O7/c1-36(2,3)47-32(41)22-39-16-18-40(19-17-39)34(44)37-21-25-14-12-24(13-15-25)20-31(33(42)43)38-35(45)46-23-30-28-10-6-4-8-26(28)27-9-5-7-11-29(27)30/h4-15,30-31H,16-23H2,1-3H3,(H,37,44)(H,38,45)(H,42,43). The molecule has 11 heteroatoms. The number of nitrogens with one attached hydrogen (secondary N) is 2. The van der Waals surface area contributed by atoms with Gasteiger partial charge in [0.15, 0.2) is 0 Å². The summed E-state index contributed by atoms with van der Waals surface area (Å²) in [5, 5.41) is 15.2. The monoisotopic (exact) mass is 642 g/mol. The second-order valence-corrected chi connectivity index (χ2v) is 12.9. The van der Waals surface area contributed by atoms with Crippen LogP contribution in [0.4, 0.5) is 9.59 Å². The number of piperazine rings is 1. The Hall–Kier alpha value is -4.90. The molecular weight excluding hydrogens is 600 g/mol. The molecule has 0 spiro atoms. The van der Waals surface area contributed by atoms with E-state index in [-0.39, 0.29) is 37.5 Å². The molecule has 47 heavy (non-hydrogen) atoms. The van der Waals surface area contributed by atoms with Gasteiger partial charge in [0, 0.05) is 45.1 Å². The number of esters is 1. The zero-order valence-corrected chi connectivity index (χ0v) is 27.0. The highest BCUT2D eigenvalue weighted by Crippen LogP contribution is 2.44. The predicted molar refractivity (Wildman–Crippen MR) is 176 cm³/mol. The van der Waals surface area contributed by atoms with E-state index in [0.717, 1.165) is 27.8 Å². The van der Waals surface area contributed by atoms with Gasteiger partial charge in [-0.2, -0.15) is 0 Å². The lowest BCUT2D eigenvalue weighted by Crippen LogP contribution is -2.52. The van der Waals surface area contributed by atoms with Crippen LogP contribution in [0.3, 0.4) is 0 Å². The summed E-state index contributed by atoms with van der Waals surface area (Å²) in [6.45, 7) is 8.25. The van der Waals surface area contributed by atoms with E-state index in [9.17, 15) is 24.3 Å². The van der Waals surface area contributed by atoms with E-state index >= 15 is 0 Å². The number of nitrogens with zero attached hydrogens (tertiary/aromatic N) is 2. The Morgan fingerprint density at radius 1 is 0.851 bits per heavy atom. The second kappa shape index (κ2) is 14.7. The number of carboxylic acids is 1. The Kier molecular flexibility index (Phi) is 10.5. The normalized spacial score (nSPS) is 15.3. The van der Waals surface area contributed by atoms with Crippen molar-refractivity contribution in [3.05, 3.63) is 95.1 Å². The van der Waals surface area contributed by atoms with Crippen LogP contribution in [0.2, 0.25) is 0 Å². The second-order valence-electron chi connectivity index (χ2n) is 12.9. The van der Waals surface area contributed by atoms with Crippen LogP contribution in [0.25, 0.3) is 11.1 Å². The highest BCUT2D eigenvalue weighted by Gasteiger charge is 2.30. The molecule has 0 saturated carbocycles. The number of ether oxygens (including phenoxy) is 2. The number of aliphatic carboxylic acids is 1. The molecule has 1 aliphatic carbocycles. The van der Waals surface area contributed by atoms with Crippen molar-refractivity contribution in [1.29, 1.82) is 0 Å². The van der Waals surface area contributed by atoms with Crippen molar-refractivity contribution >= 4 is 24.1 Å². The summed E-state index contributed by atoms with van der Waals surface area (Å²) >= 11 is 0. The molecule has 1 unspecified atom stereocenters. The van der Waals surface area contributed by atoms with E-state index in [1.165, 1.54) is 0 Å². The Morgan fingerprint density at radius 3 is 2.00 bits per heavy atom. The lowest BCUT2D eigenvalue weighted by atomic mass is 9.98. The molecule has 3 N–H and O–H groups in total. The van der Waals surface area contributed by atoms with Crippen LogP contribution in [0.5, 0.6) is 0 Å². The Balaban J connectivity index is 1.06. The summed E-state index contributed by atoms with van der Waals surface area (Å²) in [6, 6.07) is 21.8. The zero-order chi connectivity index (χ0) is 33.6. The summed E-state index contributed by atoms with van der Waals surface area (Å²) in [4.78, 5) is 53.2. The van der Waals surface area contributed by atoms with E-state index in [0.29, 0.717) is 38.3 Å². The number of amides is 3. The SMILES string of the molecule is CC(C)(C)OC(=O)CN1CCN(C(=O)NCc2ccc(CC(NC(=O)OCC3c4ccccc4-c4ccccc43)C(=O)O)cc2)CC1. The quantitative estimate of drug-likeness (QED) is 0.277. The number of fused-ring (bicyclic) bond motifs is 3. The van der Waals surface area contributed by atoms with E-state index in [2.05, 4.69) is 10.6 Å². The van der Waals surface area contributed by atoms with Gasteiger partial charge in [-0.15, -0.1) is 0 Å². The third-order valence-corrected chi connectivity index (χ3v) is 8.27. The molecule has 3 aromatic carbocycles. The summed E-state index contributed by atoms with van der Waals surface area (Å²) in [5.41, 5.74) is 5.40. The van der Waals surface area contributed by atoms with Crippen molar-refractivity contribution < 1.29 is 33.8 Å². The molecule has 1 heterocycles. The fraction of sp³-hybridized carbons (Fsp3) is 0.389. The average Bonchev–Trinajstić information content (AvgIpc) is 3.36. The average molecular weight is 643 g/mol. The molecule has 1 aliphatic heterocycles. The van der Waals surface area contributed by atoms with Gasteiger partial charge in [0.1, 0.15) is 18.2 Å². The minimum atomic E-state index is -1.18. The van der Waals surface area contributed by atoms with Gasteiger partial charge in [0.05, 0.1) is 6.54 Å². The first-order chi connectivity index (χ1) is 22.5. The first-order valence-electron chi connectivity index (χ1n) is 15.9. The van der Waals surface area contributed by atoms with Crippen LogP contribution in [0.15, 0.2) is 72.8 Å². The van der Waals surface area contributed by atoms with Gasteiger partial charge >= 0.3 is 24.1 Å². The van der Waals surface area contributed by atoms with Gasteiger partial charge in [0.2, 0.25) is 0 Å². The zero-order valence-electron chi connectivity index (χ0n) is 27.0. The number of carbonyl (C=O) groups excluding carboxylic acids is 3. The largest absolute Gasteiger partial charge is 0.480 e. The molecule has 3 aromatic rings. The number of benzene rings is 3. The summed E-state index contributed by atoms with van der Waals surface area (Å²) in [7, 11) is 0. The summed E-state index contributed by atoms with van der Waals surface area (Å²) in [6.07, 6.45) is -0.719. The number of carboxylic acid groups (broad SMARTS) is 1. The fourth-order valence-electron chi connectivity index (χ4n) is 5.97. The summed E-state index contributed by atoms with van der Waals surface area (Å²) < 4.78 is 10.9. The molecule has 0 radical (unpaired) electrons. The van der Waals surface area contributed by atoms with Crippen LogP contribution < -0.4 is 10.6 Å². The van der Waals surface area contributed by atoms with E-state index in [1.807, 2.05) is 86.3 Å². The third-order valence-electron chi connectivity index (χ3n) is 8.27. The molecule has 3 amide bonds. The molecule has 5 rings (SSSR count). The maximum absolute atomic E-state index is 12.7. The molecule has 1 fully saturated rings. The van der Waals surface area contributed by atoms with E-state index in [1.54, 1.807) is 17.0 Å². The highest BCUT2D eigenvalue weighted by atomic mass is 16.6. The molecule has 1 saturated heterocycles. The van der Waals surface area contributed by atoms with Crippen LogP contribution >= 0.6 is 0 Å². The molecule has 11 nitrogen and oxygen atoms in total. The topological polar surface area (TPSA) is 138 Å². The van der Waals surface area contributed by atoms with Crippen LogP contribution in [-0.2, 0) is 32.0 Å². The number of urea groups is 1. The van der Waals surface area contributed by atoms with E-state index < -0.39 is 23.7 Å². The van der Waals surface area contributed by atoms with Crippen LogP contribution in [-0.4, -0.2) is 89.9 Å². The molecule has 1 atom stereocenters. The Morgan fingerprint density at radius 2 is 1.43 bits per heavy atom.